The van der Waals surface area contributed by atoms with E-state index in [1.54, 1.807) is 0 Å². The molecular weight excluding hydrogens is 386 g/mol. The largest absolute Gasteiger partial charge is 0.490 e. The van der Waals surface area contributed by atoms with E-state index in [0.717, 1.165) is 50.3 Å². The van der Waals surface area contributed by atoms with Crippen molar-refractivity contribution in [2.45, 2.75) is 84.4 Å². The number of likely N-dealkylation sites (tertiary alicyclic amines) is 1. The van der Waals surface area contributed by atoms with Crippen molar-refractivity contribution in [3.63, 3.8) is 0 Å². The first kappa shape index (κ1) is 22.1. The molecule has 1 saturated carbocycles. The van der Waals surface area contributed by atoms with Crippen molar-refractivity contribution in [3.8, 4) is 5.75 Å². The summed E-state index contributed by atoms with van der Waals surface area (Å²) in [6.07, 6.45) is 7.93. The van der Waals surface area contributed by atoms with E-state index in [2.05, 4.69) is 62.1 Å². The molecule has 2 fully saturated rings. The third-order valence-electron chi connectivity index (χ3n) is 7.36. The van der Waals surface area contributed by atoms with Crippen molar-refractivity contribution in [3.05, 3.63) is 42.0 Å². The lowest BCUT2D eigenvalue weighted by Crippen LogP contribution is -2.43. The van der Waals surface area contributed by atoms with Crippen LogP contribution in [0.1, 0.15) is 71.3 Å². The minimum absolute atomic E-state index is 0.322. The van der Waals surface area contributed by atoms with Gasteiger partial charge in [-0.2, -0.15) is 0 Å². The third kappa shape index (κ3) is 5.41. The number of ether oxygens (including phenoxy) is 1. The highest BCUT2D eigenvalue weighted by molar-refractivity contribution is 5.84. The second-order valence-electron chi connectivity index (χ2n) is 10.6. The average Bonchev–Trinajstić information content (AvgIpc) is 2.74. The molecule has 0 aromatic heterocycles. The lowest BCUT2D eigenvalue weighted by atomic mass is 9.72. The van der Waals surface area contributed by atoms with E-state index in [1.165, 1.54) is 29.2 Å². The van der Waals surface area contributed by atoms with E-state index in [0.29, 0.717) is 18.1 Å². The van der Waals surface area contributed by atoms with Crippen LogP contribution in [0.5, 0.6) is 5.75 Å². The number of carboxylic acids is 1. The minimum atomic E-state index is -0.696. The summed E-state index contributed by atoms with van der Waals surface area (Å²) in [7, 11) is 0. The van der Waals surface area contributed by atoms with Gasteiger partial charge in [-0.15, -0.1) is 0 Å². The van der Waals surface area contributed by atoms with Crippen LogP contribution in [0.3, 0.4) is 0 Å². The second kappa shape index (κ2) is 9.20. The first-order valence-corrected chi connectivity index (χ1v) is 12.0. The normalized spacial score (nSPS) is 25.5. The molecule has 2 aliphatic rings. The lowest BCUT2D eigenvalue weighted by molar-refractivity contribution is -0.144. The summed E-state index contributed by atoms with van der Waals surface area (Å²) in [5.41, 5.74) is 1.57. The van der Waals surface area contributed by atoms with Crippen molar-refractivity contribution in [2.24, 2.45) is 11.3 Å². The molecular formula is C27H37NO3. The minimum Gasteiger partial charge on any atom is -0.490 e. The summed E-state index contributed by atoms with van der Waals surface area (Å²) in [6, 6.07) is 12.5. The van der Waals surface area contributed by atoms with Gasteiger partial charge in [0.05, 0.1) is 6.10 Å². The summed E-state index contributed by atoms with van der Waals surface area (Å²) in [4.78, 5) is 13.7. The first-order chi connectivity index (χ1) is 14.8. The smallest absolute Gasteiger partial charge is 0.320 e. The summed E-state index contributed by atoms with van der Waals surface area (Å²) in [5, 5.41) is 11.9. The Labute approximate surface area is 186 Å². The molecule has 1 saturated heterocycles. The maximum absolute atomic E-state index is 11.6. The molecule has 0 spiro atoms. The number of fused-ring (bicyclic) bond motifs is 1. The molecule has 31 heavy (non-hydrogen) atoms. The molecule has 1 atom stereocenters. The Morgan fingerprint density at radius 1 is 1.00 bits per heavy atom. The monoisotopic (exact) mass is 423 g/mol. The van der Waals surface area contributed by atoms with E-state index >= 15 is 0 Å². The van der Waals surface area contributed by atoms with Gasteiger partial charge in [0.1, 0.15) is 11.8 Å². The molecule has 4 rings (SSSR count). The molecule has 0 bridgehead atoms. The zero-order valence-electron chi connectivity index (χ0n) is 19.3. The molecule has 1 aliphatic carbocycles. The average molecular weight is 424 g/mol. The van der Waals surface area contributed by atoms with Crippen LogP contribution in [-0.4, -0.2) is 34.7 Å². The van der Waals surface area contributed by atoms with Gasteiger partial charge < -0.3 is 9.84 Å². The molecule has 0 radical (unpaired) electrons. The van der Waals surface area contributed by atoms with Crippen LogP contribution in [0.15, 0.2) is 36.4 Å². The molecule has 1 N–H and O–H groups in total. The summed E-state index contributed by atoms with van der Waals surface area (Å²) >= 11 is 0. The fourth-order valence-corrected chi connectivity index (χ4v) is 5.38. The number of hydrogen-bond donors (Lipinski definition) is 1. The van der Waals surface area contributed by atoms with Crippen LogP contribution in [0.2, 0.25) is 0 Å². The van der Waals surface area contributed by atoms with Crippen LogP contribution in [0.4, 0.5) is 0 Å². The summed E-state index contributed by atoms with van der Waals surface area (Å²) < 4.78 is 6.34. The fraction of sp³-hybridized carbons (Fsp3) is 0.593. The molecule has 1 aliphatic heterocycles. The quantitative estimate of drug-likeness (QED) is 0.616. The molecule has 2 aromatic rings. The van der Waals surface area contributed by atoms with Crippen molar-refractivity contribution >= 4 is 16.7 Å². The van der Waals surface area contributed by atoms with Gasteiger partial charge in [0.15, 0.2) is 0 Å². The van der Waals surface area contributed by atoms with Gasteiger partial charge in [0.25, 0.3) is 0 Å². The van der Waals surface area contributed by atoms with Crippen molar-refractivity contribution in [2.75, 3.05) is 6.54 Å². The summed E-state index contributed by atoms with van der Waals surface area (Å²) in [5.74, 6) is 1.06. The molecule has 168 valence electrons. The fourth-order valence-electron chi connectivity index (χ4n) is 5.38. The van der Waals surface area contributed by atoms with E-state index < -0.39 is 5.97 Å². The number of hydrogen-bond acceptors (Lipinski definition) is 3. The van der Waals surface area contributed by atoms with Gasteiger partial charge in [-0.1, -0.05) is 45.4 Å². The molecule has 2 aromatic carbocycles. The number of nitrogens with zero attached hydrogens (tertiary/aromatic N) is 1. The Bertz CT molecular complexity index is 908. The predicted molar refractivity (Wildman–Crippen MR) is 125 cm³/mol. The van der Waals surface area contributed by atoms with Crippen LogP contribution in [0, 0.1) is 11.3 Å². The number of benzene rings is 2. The van der Waals surface area contributed by atoms with Crippen molar-refractivity contribution in [1.82, 2.24) is 4.90 Å². The second-order valence-corrected chi connectivity index (χ2v) is 10.6. The third-order valence-corrected chi connectivity index (χ3v) is 7.36. The Kier molecular flexibility index (Phi) is 6.57. The molecule has 4 nitrogen and oxygen atoms in total. The van der Waals surface area contributed by atoms with Gasteiger partial charge >= 0.3 is 5.97 Å². The van der Waals surface area contributed by atoms with Crippen LogP contribution in [0.25, 0.3) is 10.8 Å². The van der Waals surface area contributed by atoms with E-state index in [4.69, 9.17) is 4.74 Å². The first-order valence-electron chi connectivity index (χ1n) is 12.0. The zero-order chi connectivity index (χ0) is 22.0. The van der Waals surface area contributed by atoms with Gasteiger partial charge in [0, 0.05) is 6.54 Å². The number of carbonyl (C=O) groups is 1. The highest BCUT2D eigenvalue weighted by Crippen LogP contribution is 2.39. The lowest BCUT2D eigenvalue weighted by Gasteiger charge is -2.37. The van der Waals surface area contributed by atoms with Crippen molar-refractivity contribution in [1.29, 1.82) is 0 Å². The zero-order valence-corrected chi connectivity index (χ0v) is 19.3. The maximum Gasteiger partial charge on any atom is 0.320 e. The molecule has 0 amide bonds. The topological polar surface area (TPSA) is 49.8 Å². The Balaban J connectivity index is 1.40. The number of carboxylic acid groups (broad SMARTS) is 1. The van der Waals surface area contributed by atoms with Gasteiger partial charge in [0.2, 0.25) is 0 Å². The van der Waals surface area contributed by atoms with Gasteiger partial charge in [-0.05, 0) is 90.9 Å². The molecule has 0 unspecified atom stereocenters. The van der Waals surface area contributed by atoms with E-state index in [-0.39, 0.29) is 6.04 Å². The predicted octanol–water partition coefficient (Wildman–Crippen LogP) is 6.26. The highest BCUT2D eigenvalue weighted by Gasteiger charge is 2.30. The van der Waals surface area contributed by atoms with Gasteiger partial charge in [-0.25, -0.2) is 0 Å². The van der Waals surface area contributed by atoms with Crippen LogP contribution in [-0.2, 0) is 11.3 Å². The van der Waals surface area contributed by atoms with Gasteiger partial charge in [-0.3, -0.25) is 9.69 Å². The summed E-state index contributed by atoms with van der Waals surface area (Å²) in [6.45, 7) is 8.61. The number of rotatable bonds is 5. The standard InChI is InChI=1S/C27H37NO3/c1-27(2,3)22-10-13-23(14-11-22)31-24-12-9-20-16-19(7-8-21(20)17-24)18-28-15-5-4-6-25(28)26(29)30/h7-9,12,16-17,22-23,25H,4-6,10-11,13-15,18H2,1-3H3,(H,29,30)/t22?,23?,25-/m1/s1. The van der Waals surface area contributed by atoms with E-state index in [9.17, 15) is 9.90 Å². The Hall–Kier alpha value is -2.07. The number of aliphatic carboxylic acids is 1. The molecule has 1 heterocycles. The highest BCUT2D eigenvalue weighted by atomic mass is 16.5. The van der Waals surface area contributed by atoms with Crippen LogP contribution < -0.4 is 4.74 Å². The number of piperidine rings is 1. The SMILES string of the molecule is CC(C)(C)C1CCC(Oc2ccc3cc(CN4CCCC[C@@H]4C(=O)O)ccc3c2)CC1. The Morgan fingerprint density at radius 3 is 2.42 bits per heavy atom. The Morgan fingerprint density at radius 2 is 1.71 bits per heavy atom. The maximum atomic E-state index is 11.6. The van der Waals surface area contributed by atoms with Crippen molar-refractivity contribution < 1.29 is 14.6 Å². The van der Waals surface area contributed by atoms with Crippen LogP contribution >= 0.6 is 0 Å². The van der Waals surface area contributed by atoms with E-state index in [1.807, 2.05) is 0 Å². The molecule has 4 heteroatoms.